The quantitative estimate of drug-likeness (QED) is 0.237. The molecule has 0 aromatic rings. The molecule has 1 heteroatoms. The summed E-state index contributed by atoms with van der Waals surface area (Å²) in [7, 11) is 7.16. The molecular formula is C20H44N+. The lowest BCUT2D eigenvalue weighted by Crippen LogP contribution is -2.45. The first-order chi connectivity index (χ1) is 10.0. The van der Waals surface area contributed by atoms with Gasteiger partial charge in [-0.25, -0.2) is 0 Å². The first-order valence-corrected chi connectivity index (χ1v) is 9.83. The molecule has 0 N–H and O–H groups in total. The van der Waals surface area contributed by atoms with E-state index in [2.05, 4.69) is 35.0 Å². The van der Waals surface area contributed by atoms with Crippen molar-refractivity contribution in [3.8, 4) is 0 Å². The van der Waals surface area contributed by atoms with E-state index in [1.807, 2.05) is 0 Å². The maximum atomic E-state index is 2.39. The Labute approximate surface area is 136 Å². The van der Waals surface area contributed by atoms with E-state index >= 15 is 0 Å². The molecule has 0 unspecified atom stereocenters. The predicted molar refractivity (Wildman–Crippen MR) is 97.8 cm³/mol. The Hall–Kier alpha value is -0.0400. The number of quaternary nitrogens is 1. The number of hydrogen-bond acceptors (Lipinski definition) is 0. The fourth-order valence-corrected chi connectivity index (χ4v) is 3.24. The van der Waals surface area contributed by atoms with Crippen molar-refractivity contribution >= 4 is 0 Å². The zero-order chi connectivity index (χ0) is 16.0. The van der Waals surface area contributed by atoms with Crippen LogP contribution in [0.5, 0.6) is 0 Å². The van der Waals surface area contributed by atoms with Gasteiger partial charge in [0.25, 0.3) is 0 Å². The Bertz CT molecular complexity index is 188. The van der Waals surface area contributed by atoms with E-state index in [0.717, 1.165) is 10.5 Å². The minimum atomic E-state index is 0.877. The van der Waals surface area contributed by atoms with Gasteiger partial charge in [-0.15, -0.1) is 0 Å². The first kappa shape index (κ1) is 21.0. The Kier molecular flexibility index (Phi) is 13.6. The van der Waals surface area contributed by atoms with Crippen molar-refractivity contribution in [3.05, 3.63) is 0 Å². The lowest BCUT2D eigenvalue weighted by atomic mass is 9.98. The molecule has 21 heavy (non-hydrogen) atoms. The summed E-state index contributed by atoms with van der Waals surface area (Å²) in [5.41, 5.74) is 0. The van der Waals surface area contributed by atoms with Crippen LogP contribution in [0.25, 0.3) is 0 Å². The average molecular weight is 299 g/mol. The van der Waals surface area contributed by atoms with Gasteiger partial charge in [-0.3, -0.25) is 0 Å². The average Bonchev–Trinajstić information content (AvgIpc) is 2.42. The molecule has 0 aliphatic carbocycles. The maximum Gasteiger partial charge on any atom is 0.0884 e. The number of nitrogens with zero attached hydrogens (tertiary/aromatic N) is 1. The second-order valence-electron chi connectivity index (χ2n) is 7.88. The molecule has 0 saturated carbocycles. The van der Waals surface area contributed by atoms with E-state index in [4.69, 9.17) is 0 Å². The minimum absolute atomic E-state index is 0.877. The fourth-order valence-electron chi connectivity index (χ4n) is 3.24. The lowest BCUT2D eigenvalue weighted by Gasteiger charge is -2.34. The van der Waals surface area contributed by atoms with Crippen LogP contribution in [0, 0.1) is 0 Å². The van der Waals surface area contributed by atoms with E-state index in [1.165, 1.54) is 89.9 Å². The van der Waals surface area contributed by atoms with Crippen LogP contribution < -0.4 is 0 Å². The van der Waals surface area contributed by atoms with Gasteiger partial charge in [-0.2, -0.15) is 0 Å². The number of rotatable bonds is 15. The van der Waals surface area contributed by atoms with Crippen molar-refractivity contribution < 1.29 is 4.48 Å². The Balaban J connectivity index is 3.74. The van der Waals surface area contributed by atoms with Gasteiger partial charge in [-0.1, -0.05) is 78.1 Å². The van der Waals surface area contributed by atoms with E-state index in [-0.39, 0.29) is 0 Å². The van der Waals surface area contributed by atoms with Gasteiger partial charge >= 0.3 is 0 Å². The van der Waals surface area contributed by atoms with Crippen LogP contribution >= 0.6 is 0 Å². The van der Waals surface area contributed by atoms with Gasteiger partial charge in [0.2, 0.25) is 0 Å². The van der Waals surface area contributed by atoms with Gasteiger partial charge in [0, 0.05) is 0 Å². The largest absolute Gasteiger partial charge is 0.328 e. The monoisotopic (exact) mass is 298 g/mol. The molecule has 0 aliphatic rings. The highest BCUT2D eigenvalue weighted by atomic mass is 15.3. The summed E-state index contributed by atoms with van der Waals surface area (Å²) in [6.45, 7) is 4.60. The zero-order valence-corrected chi connectivity index (χ0v) is 15.9. The molecule has 0 radical (unpaired) electrons. The Morgan fingerprint density at radius 2 is 0.857 bits per heavy atom. The second-order valence-corrected chi connectivity index (χ2v) is 7.88. The highest BCUT2D eigenvalue weighted by Crippen LogP contribution is 2.20. The van der Waals surface area contributed by atoms with Crippen LogP contribution in [-0.4, -0.2) is 31.7 Å². The van der Waals surface area contributed by atoms with Crippen LogP contribution in [-0.2, 0) is 0 Å². The standard InChI is InChI=1S/C20H44N/c1-6-8-10-12-14-16-18-20(21(3,4)5)19-17-15-13-11-9-7-2/h20H,6-19H2,1-5H3/q+1. The van der Waals surface area contributed by atoms with Crippen molar-refractivity contribution in [2.24, 2.45) is 0 Å². The van der Waals surface area contributed by atoms with Crippen molar-refractivity contribution in [3.63, 3.8) is 0 Å². The van der Waals surface area contributed by atoms with Crippen molar-refractivity contribution in [2.45, 2.75) is 110 Å². The number of unbranched alkanes of at least 4 members (excludes halogenated alkanes) is 10. The Morgan fingerprint density at radius 3 is 1.19 bits per heavy atom. The number of hydrogen-bond donors (Lipinski definition) is 0. The molecule has 0 aromatic carbocycles. The summed E-state index contributed by atoms with van der Waals surface area (Å²) < 4.78 is 1.16. The molecule has 0 spiro atoms. The van der Waals surface area contributed by atoms with Gasteiger partial charge < -0.3 is 4.48 Å². The fraction of sp³-hybridized carbons (Fsp3) is 1.00. The molecule has 0 saturated heterocycles. The minimum Gasteiger partial charge on any atom is -0.328 e. The molecule has 0 amide bonds. The van der Waals surface area contributed by atoms with Gasteiger partial charge in [0.1, 0.15) is 0 Å². The normalized spacial score (nSPS) is 12.3. The van der Waals surface area contributed by atoms with Crippen molar-refractivity contribution in [1.82, 2.24) is 0 Å². The van der Waals surface area contributed by atoms with E-state index in [9.17, 15) is 0 Å². The smallest absolute Gasteiger partial charge is 0.0884 e. The summed E-state index contributed by atoms with van der Waals surface area (Å²) in [6, 6.07) is 0.877. The summed E-state index contributed by atoms with van der Waals surface area (Å²) in [5, 5.41) is 0. The molecule has 1 nitrogen and oxygen atoms in total. The highest BCUT2D eigenvalue weighted by molar-refractivity contribution is 4.60. The van der Waals surface area contributed by atoms with Crippen LogP contribution in [0.3, 0.4) is 0 Å². The molecule has 0 aromatic heterocycles. The molecule has 128 valence electrons. The summed E-state index contributed by atoms with van der Waals surface area (Å²) in [6.07, 6.45) is 20.0. The molecule has 0 heterocycles. The molecule has 0 aliphatic heterocycles. The molecule has 0 bridgehead atoms. The summed E-state index contributed by atoms with van der Waals surface area (Å²) in [4.78, 5) is 0. The summed E-state index contributed by atoms with van der Waals surface area (Å²) in [5.74, 6) is 0. The third-order valence-corrected chi connectivity index (χ3v) is 4.88. The van der Waals surface area contributed by atoms with Gasteiger partial charge in [0.15, 0.2) is 0 Å². The highest BCUT2D eigenvalue weighted by Gasteiger charge is 2.22. The van der Waals surface area contributed by atoms with E-state index < -0.39 is 0 Å². The van der Waals surface area contributed by atoms with Crippen LogP contribution in [0.15, 0.2) is 0 Å². The van der Waals surface area contributed by atoms with Crippen LogP contribution in [0.4, 0.5) is 0 Å². The molecule has 0 rings (SSSR count). The van der Waals surface area contributed by atoms with Crippen LogP contribution in [0.1, 0.15) is 104 Å². The molecular weight excluding hydrogens is 254 g/mol. The SMILES string of the molecule is CCCCCCCCC(CCCCCCCC)[N+](C)(C)C. The third kappa shape index (κ3) is 13.4. The van der Waals surface area contributed by atoms with Crippen molar-refractivity contribution in [1.29, 1.82) is 0 Å². The maximum absolute atomic E-state index is 2.39. The van der Waals surface area contributed by atoms with Crippen LogP contribution in [0.2, 0.25) is 0 Å². The first-order valence-electron chi connectivity index (χ1n) is 9.83. The molecule has 0 atom stereocenters. The molecule has 0 fully saturated rings. The van der Waals surface area contributed by atoms with Crippen molar-refractivity contribution in [2.75, 3.05) is 21.1 Å². The second kappa shape index (κ2) is 13.6. The summed E-state index contributed by atoms with van der Waals surface area (Å²) >= 11 is 0. The van der Waals surface area contributed by atoms with Gasteiger partial charge in [0.05, 0.1) is 27.2 Å². The van der Waals surface area contributed by atoms with Gasteiger partial charge in [-0.05, 0) is 25.7 Å². The zero-order valence-electron chi connectivity index (χ0n) is 15.9. The Morgan fingerprint density at radius 1 is 0.524 bits per heavy atom. The lowest BCUT2D eigenvalue weighted by molar-refractivity contribution is -0.896. The topological polar surface area (TPSA) is 0 Å². The van der Waals surface area contributed by atoms with E-state index in [1.54, 1.807) is 0 Å². The van der Waals surface area contributed by atoms with E-state index in [0.29, 0.717) is 0 Å². The predicted octanol–water partition coefficient (Wildman–Crippen LogP) is 6.56. The third-order valence-electron chi connectivity index (χ3n) is 4.88.